The molecule has 4 aromatic rings. The number of aliphatic hydroxyl groups is 1. The van der Waals surface area contributed by atoms with Crippen LogP contribution in [-0.2, 0) is 21.8 Å². The summed E-state index contributed by atoms with van der Waals surface area (Å²) in [7, 11) is 1.54. The predicted molar refractivity (Wildman–Crippen MR) is 160 cm³/mol. The number of hydrogen-bond donors (Lipinski definition) is 1. The zero-order valence-electron chi connectivity index (χ0n) is 21.4. The maximum absolute atomic E-state index is 13.4. The summed E-state index contributed by atoms with van der Waals surface area (Å²) in [5.74, 6) is -0.738. The highest BCUT2D eigenvalue weighted by Gasteiger charge is 2.48. The lowest BCUT2D eigenvalue weighted by molar-refractivity contribution is -0.132. The van der Waals surface area contributed by atoms with Crippen molar-refractivity contribution in [2.45, 2.75) is 29.5 Å². The number of carbonyl (C=O) groups excluding carboxylic acids is 2. The summed E-state index contributed by atoms with van der Waals surface area (Å²) in [5, 5.41) is 21.2. The number of aryl methyl sites for hydroxylation is 1. The molecule has 2 heterocycles. The molecule has 7 nitrogen and oxygen atoms in total. The molecule has 1 aliphatic heterocycles. The molecule has 1 aliphatic rings. The largest absolute Gasteiger partial charge is 0.507 e. The third-order valence-corrected chi connectivity index (χ3v) is 9.17. The molecule has 1 aromatic heterocycles. The lowest BCUT2D eigenvalue weighted by Gasteiger charge is -2.22. The van der Waals surface area contributed by atoms with Crippen LogP contribution >= 0.6 is 46.3 Å². The molecule has 1 N–H and O–H groups in total. The predicted octanol–water partition coefficient (Wildman–Crippen LogP) is 7.33. The normalized spacial score (nSPS) is 16.5. The zero-order valence-corrected chi connectivity index (χ0v) is 24.6. The first-order valence-electron chi connectivity index (χ1n) is 12.2. The number of halogens is 2. The molecule has 5 rings (SSSR count). The number of ether oxygens (including phenoxy) is 1. The second kappa shape index (κ2) is 12.0. The number of benzene rings is 3. The summed E-state index contributed by atoms with van der Waals surface area (Å²) in [6, 6.07) is 18.7. The second-order valence-electron chi connectivity index (χ2n) is 8.87. The first-order chi connectivity index (χ1) is 19.3. The highest BCUT2D eigenvalue weighted by molar-refractivity contribution is 8.00. The van der Waals surface area contributed by atoms with Crippen molar-refractivity contribution >= 4 is 68.9 Å². The first kappa shape index (κ1) is 28.2. The van der Waals surface area contributed by atoms with Crippen LogP contribution in [-0.4, -0.2) is 34.1 Å². The standard InChI is InChI=1S/C29H23Cl2N3O4S2/c1-3-16-4-6-17(7-5-16)24-23(25(35)18-9-12-21(38-2)13-10-18)26(36)27(37)34(24)28-32-33-29(40-28)39-15-19-8-11-20(30)14-22(19)31/h4-14,24,35H,3,15H2,1-2H3/b25-23-. The van der Waals surface area contributed by atoms with Crippen LogP contribution in [0.3, 0.4) is 0 Å². The maximum atomic E-state index is 13.4. The van der Waals surface area contributed by atoms with Crippen LogP contribution in [0.15, 0.2) is 76.6 Å². The van der Waals surface area contributed by atoms with Crippen LogP contribution in [0.4, 0.5) is 5.13 Å². The number of methoxy groups -OCH3 is 1. The van der Waals surface area contributed by atoms with Crippen LogP contribution in [0.2, 0.25) is 10.0 Å². The summed E-state index contributed by atoms with van der Waals surface area (Å²) >= 11 is 14.9. The molecule has 0 bridgehead atoms. The smallest absolute Gasteiger partial charge is 0.301 e. The fourth-order valence-electron chi connectivity index (χ4n) is 4.32. The molecule has 1 unspecified atom stereocenters. The third-order valence-electron chi connectivity index (χ3n) is 6.48. The molecular formula is C29H23Cl2N3O4S2. The average Bonchev–Trinajstić information content (AvgIpc) is 3.54. The van der Waals surface area contributed by atoms with E-state index < -0.39 is 17.7 Å². The summed E-state index contributed by atoms with van der Waals surface area (Å²) < 4.78 is 5.80. The molecule has 1 atom stereocenters. The number of thioether (sulfide) groups is 1. The summed E-state index contributed by atoms with van der Waals surface area (Å²) in [5.41, 5.74) is 3.03. The number of aliphatic hydroxyl groups excluding tert-OH is 1. The molecule has 40 heavy (non-hydrogen) atoms. The Morgan fingerprint density at radius 3 is 2.42 bits per heavy atom. The minimum atomic E-state index is -0.885. The quantitative estimate of drug-likeness (QED) is 0.0732. The molecule has 1 fully saturated rings. The lowest BCUT2D eigenvalue weighted by atomic mass is 9.94. The van der Waals surface area contributed by atoms with Crippen LogP contribution in [0.25, 0.3) is 5.76 Å². The highest BCUT2D eigenvalue weighted by Crippen LogP contribution is 2.44. The number of aromatic nitrogens is 2. The van der Waals surface area contributed by atoms with E-state index in [9.17, 15) is 14.7 Å². The zero-order chi connectivity index (χ0) is 28.4. The van der Waals surface area contributed by atoms with Crippen LogP contribution in [0.1, 0.15) is 35.2 Å². The van der Waals surface area contributed by atoms with E-state index in [-0.39, 0.29) is 16.5 Å². The van der Waals surface area contributed by atoms with Crippen molar-refractivity contribution in [3.8, 4) is 5.75 Å². The number of carbonyl (C=O) groups is 2. The van der Waals surface area contributed by atoms with Crippen molar-refractivity contribution in [3.63, 3.8) is 0 Å². The number of anilines is 1. The molecule has 204 valence electrons. The molecule has 0 radical (unpaired) electrons. The topological polar surface area (TPSA) is 92.6 Å². The fourth-order valence-corrected chi connectivity index (χ4v) is 6.75. The van der Waals surface area contributed by atoms with Crippen molar-refractivity contribution < 1.29 is 19.4 Å². The summed E-state index contributed by atoms with van der Waals surface area (Å²) in [6.07, 6.45) is 0.834. The van der Waals surface area contributed by atoms with Crippen molar-refractivity contribution in [1.82, 2.24) is 10.2 Å². The van der Waals surface area contributed by atoms with Gasteiger partial charge in [0, 0.05) is 21.4 Å². The molecule has 3 aromatic carbocycles. The van der Waals surface area contributed by atoms with Gasteiger partial charge in [-0.05, 0) is 59.5 Å². The van der Waals surface area contributed by atoms with Crippen molar-refractivity contribution in [2.24, 2.45) is 0 Å². The summed E-state index contributed by atoms with van der Waals surface area (Å²) in [6.45, 7) is 2.04. The van der Waals surface area contributed by atoms with E-state index in [4.69, 9.17) is 27.9 Å². The molecule has 0 aliphatic carbocycles. The average molecular weight is 613 g/mol. The number of rotatable bonds is 8. The van der Waals surface area contributed by atoms with Crippen molar-refractivity contribution in [1.29, 1.82) is 0 Å². The van der Waals surface area contributed by atoms with Crippen LogP contribution in [0, 0.1) is 0 Å². The highest BCUT2D eigenvalue weighted by atomic mass is 35.5. The Kier molecular flexibility index (Phi) is 8.46. The third kappa shape index (κ3) is 5.60. The SMILES string of the molecule is CCc1ccc(C2/C(=C(/O)c3ccc(OC)cc3)C(=O)C(=O)N2c2nnc(SCc3ccc(Cl)cc3Cl)s2)cc1. The van der Waals surface area contributed by atoms with Gasteiger partial charge in [-0.25, -0.2) is 0 Å². The Balaban J connectivity index is 1.53. The first-order valence-corrected chi connectivity index (χ1v) is 14.8. The monoisotopic (exact) mass is 611 g/mol. The Bertz CT molecular complexity index is 1600. The van der Waals surface area contributed by atoms with E-state index in [1.165, 1.54) is 28.0 Å². The van der Waals surface area contributed by atoms with Gasteiger partial charge in [0.2, 0.25) is 5.13 Å². The molecule has 1 amide bonds. The van der Waals surface area contributed by atoms with Gasteiger partial charge >= 0.3 is 5.91 Å². The van der Waals surface area contributed by atoms with E-state index in [0.717, 1.165) is 17.5 Å². The molecule has 0 spiro atoms. The summed E-state index contributed by atoms with van der Waals surface area (Å²) in [4.78, 5) is 28.2. The van der Waals surface area contributed by atoms with E-state index in [1.54, 1.807) is 43.5 Å². The van der Waals surface area contributed by atoms with Gasteiger partial charge < -0.3 is 9.84 Å². The minimum absolute atomic E-state index is 0.0169. The van der Waals surface area contributed by atoms with Crippen LogP contribution in [0.5, 0.6) is 5.75 Å². The van der Waals surface area contributed by atoms with E-state index in [1.807, 2.05) is 37.3 Å². The van der Waals surface area contributed by atoms with E-state index in [0.29, 0.717) is 37.0 Å². The number of amides is 1. The van der Waals surface area contributed by atoms with Gasteiger partial charge in [-0.3, -0.25) is 14.5 Å². The van der Waals surface area contributed by atoms with Crippen molar-refractivity contribution in [2.75, 3.05) is 12.0 Å². The number of nitrogens with zero attached hydrogens (tertiary/aromatic N) is 3. The van der Waals surface area contributed by atoms with Gasteiger partial charge in [0.1, 0.15) is 11.5 Å². The molecular weight excluding hydrogens is 589 g/mol. The van der Waals surface area contributed by atoms with Gasteiger partial charge in [-0.2, -0.15) is 0 Å². The van der Waals surface area contributed by atoms with Gasteiger partial charge in [0.05, 0.1) is 18.7 Å². The Morgan fingerprint density at radius 1 is 1.05 bits per heavy atom. The molecule has 1 saturated heterocycles. The van der Waals surface area contributed by atoms with Crippen molar-refractivity contribution in [3.05, 3.63) is 105 Å². The Morgan fingerprint density at radius 2 is 1.77 bits per heavy atom. The number of Topliss-reactive ketones (excluding diaryl/α,β-unsaturated/α-hetero) is 1. The van der Waals surface area contributed by atoms with Gasteiger partial charge in [-0.1, -0.05) is 83.6 Å². The van der Waals surface area contributed by atoms with Gasteiger partial charge in [-0.15, -0.1) is 10.2 Å². The number of hydrogen-bond acceptors (Lipinski definition) is 8. The molecule has 0 saturated carbocycles. The minimum Gasteiger partial charge on any atom is -0.507 e. The Labute approximate surface area is 249 Å². The molecule has 11 heteroatoms. The Hall–Kier alpha value is -3.37. The van der Waals surface area contributed by atoms with Crippen LogP contribution < -0.4 is 9.64 Å². The van der Waals surface area contributed by atoms with Gasteiger partial charge in [0.15, 0.2) is 4.34 Å². The van der Waals surface area contributed by atoms with E-state index in [2.05, 4.69) is 10.2 Å². The fraction of sp³-hybridized carbons (Fsp3) is 0.172. The lowest BCUT2D eigenvalue weighted by Crippen LogP contribution is -2.29. The second-order valence-corrected chi connectivity index (χ2v) is 11.9. The maximum Gasteiger partial charge on any atom is 0.301 e. The van der Waals surface area contributed by atoms with E-state index >= 15 is 0 Å². The number of ketones is 1. The van der Waals surface area contributed by atoms with Gasteiger partial charge in [0.25, 0.3) is 5.78 Å².